The topological polar surface area (TPSA) is 43.7 Å². The third kappa shape index (κ3) is 3.95. The number of aliphatic hydroxyl groups is 2. The standard InChI is InChI=1S/C11H23NO2/c1-12(8-9-13)10-11(14)6-4-2-3-5-7-11/h13-14H,2-10H2,1H3. The lowest BCUT2D eigenvalue weighted by molar-refractivity contribution is -0.00583. The zero-order valence-electron chi connectivity index (χ0n) is 9.21. The molecule has 0 heterocycles. The third-order valence-electron chi connectivity index (χ3n) is 3.08. The highest BCUT2D eigenvalue weighted by atomic mass is 16.3. The summed E-state index contributed by atoms with van der Waals surface area (Å²) < 4.78 is 0. The van der Waals surface area contributed by atoms with Crippen LogP contribution in [-0.4, -0.2) is 47.5 Å². The number of aliphatic hydroxyl groups excluding tert-OH is 1. The normalized spacial score (nSPS) is 22.3. The number of nitrogens with zero attached hydrogens (tertiary/aromatic N) is 1. The van der Waals surface area contributed by atoms with Gasteiger partial charge < -0.3 is 15.1 Å². The van der Waals surface area contributed by atoms with Gasteiger partial charge in [0.25, 0.3) is 0 Å². The maximum atomic E-state index is 10.3. The van der Waals surface area contributed by atoms with E-state index in [-0.39, 0.29) is 6.61 Å². The average molecular weight is 201 g/mol. The molecule has 0 atom stereocenters. The van der Waals surface area contributed by atoms with E-state index in [1.54, 1.807) is 0 Å². The van der Waals surface area contributed by atoms with Crippen molar-refractivity contribution in [3.05, 3.63) is 0 Å². The average Bonchev–Trinajstić information content (AvgIpc) is 2.30. The molecule has 1 aliphatic carbocycles. The fraction of sp³-hybridized carbons (Fsp3) is 1.00. The molecule has 0 aromatic heterocycles. The summed E-state index contributed by atoms with van der Waals surface area (Å²) in [5.41, 5.74) is -0.500. The van der Waals surface area contributed by atoms with Crippen molar-refractivity contribution in [3.8, 4) is 0 Å². The predicted octanol–water partition coefficient (Wildman–Crippen LogP) is 0.996. The Morgan fingerprint density at radius 1 is 1.14 bits per heavy atom. The van der Waals surface area contributed by atoms with E-state index in [2.05, 4.69) is 0 Å². The van der Waals surface area contributed by atoms with Crippen molar-refractivity contribution in [1.29, 1.82) is 0 Å². The van der Waals surface area contributed by atoms with Crippen molar-refractivity contribution in [2.45, 2.75) is 44.1 Å². The summed E-state index contributed by atoms with van der Waals surface area (Å²) in [5, 5.41) is 19.1. The molecule has 3 nitrogen and oxygen atoms in total. The molecule has 3 heteroatoms. The number of hydrogen-bond acceptors (Lipinski definition) is 3. The van der Waals surface area contributed by atoms with Crippen molar-refractivity contribution < 1.29 is 10.2 Å². The number of likely N-dealkylation sites (N-methyl/N-ethyl adjacent to an activating group) is 1. The van der Waals surface area contributed by atoms with Crippen LogP contribution in [0.3, 0.4) is 0 Å². The molecular weight excluding hydrogens is 178 g/mol. The highest BCUT2D eigenvalue weighted by Crippen LogP contribution is 2.27. The Bertz CT molecular complexity index is 153. The van der Waals surface area contributed by atoms with Gasteiger partial charge in [0.05, 0.1) is 12.2 Å². The van der Waals surface area contributed by atoms with Crippen LogP contribution in [0.4, 0.5) is 0 Å². The van der Waals surface area contributed by atoms with E-state index in [1.165, 1.54) is 12.8 Å². The van der Waals surface area contributed by atoms with E-state index in [0.717, 1.165) is 25.7 Å². The zero-order valence-corrected chi connectivity index (χ0v) is 9.21. The molecule has 1 saturated carbocycles. The van der Waals surface area contributed by atoms with Gasteiger partial charge in [-0.25, -0.2) is 0 Å². The second-order valence-electron chi connectivity index (χ2n) is 4.60. The third-order valence-corrected chi connectivity index (χ3v) is 3.08. The lowest BCUT2D eigenvalue weighted by Crippen LogP contribution is -2.42. The molecule has 14 heavy (non-hydrogen) atoms. The first kappa shape index (κ1) is 12.0. The van der Waals surface area contributed by atoms with E-state index < -0.39 is 5.60 Å². The van der Waals surface area contributed by atoms with Crippen molar-refractivity contribution >= 4 is 0 Å². The van der Waals surface area contributed by atoms with Gasteiger partial charge in [0.2, 0.25) is 0 Å². The van der Waals surface area contributed by atoms with Crippen LogP contribution in [0.15, 0.2) is 0 Å². The molecule has 0 bridgehead atoms. The van der Waals surface area contributed by atoms with Gasteiger partial charge in [-0.3, -0.25) is 0 Å². The van der Waals surface area contributed by atoms with E-state index >= 15 is 0 Å². The number of hydrogen-bond donors (Lipinski definition) is 2. The van der Waals surface area contributed by atoms with Crippen molar-refractivity contribution in [3.63, 3.8) is 0 Å². The second-order valence-corrected chi connectivity index (χ2v) is 4.60. The van der Waals surface area contributed by atoms with Crippen molar-refractivity contribution in [2.24, 2.45) is 0 Å². The summed E-state index contributed by atoms with van der Waals surface area (Å²) in [6, 6.07) is 0. The Kier molecular flexibility index (Phi) is 4.85. The summed E-state index contributed by atoms with van der Waals surface area (Å²) >= 11 is 0. The van der Waals surface area contributed by atoms with Gasteiger partial charge >= 0.3 is 0 Å². The van der Waals surface area contributed by atoms with Crippen molar-refractivity contribution in [2.75, 3.05) is 26.7 Å². The van der Waals surface area contributed by atoms with Gasteiger partial charge in [0.1, 0.15) is 0 Å². The lowest BCUT2D eigenvalue weighted by atomic mass is 9.94. The Hall–Kier alpha value is -0.120. The highest BCUT2D eigenvalue weighted by Gasteiger charge is 2.28. The molecule has 0 aromatic carbocycles. The molecule has 0 radical (unpaired) electrons. The maximum absolute atomic E-state index is 10.3. The molecule has 0 aromatic rings. The molecule has 0 aliphatic heterocycles. The van der Waals surface area contributed by atoms with E-state index in [4.69, 9.17) is 5.11 Å². The molecule has 0 amide bonds. The van der Waals surface area contributed by atoms with Gasteiger partial charge in [-0.1, -0.05) is 25.7 Å². The van der Waals surface area contributed by atoms with Crippen LogP contribution in [-0.2, 0) is 0 Å². The van der Waals surface area contributed by atoms with Crippen LogP contribution in [0.2, 0.25) is 0 Å². The molecule has 84 valence electrons. The van der Waals surface area contributed by atoms with E-state index in [0.29, 0.717) is 13.1 Å². The summed E-state index contributed by atoms with van der Waals surface area (Å²) in [6.45, 7) is 1.53. The van der Waals surface area contributed by atoms with Crippen LogP contribution < -0.4 is 0 Å². The zero-order chi connectivity index (χ0) is 10.4. The molecule has 1 aliphatic rings. The van der Waals surface area contributed by atoms with Crippen LogP contribution in [0.1, 0.15) is 38.5 Å². The minimum atomic E-state index is -0.500. The van der Waals surface area contributed by atoms with Crippen LogP contribution in [0.25, 0.3) is 0 Å². The monoisotopic (exact) mass is 201 g/mol. The lowest BCUT2D eigenvalue weighted by Gasteiger charge is -2.31. The van der Waals surface area contributed by atoms with Crippen LogP contribution >= 0.6 is 0 Å². The minimum Gasteiger partial charge on any atom is -0.395 e. The predicted molar refractivity (Wildman–Crippen MR) is 57.2 cm³/mol. The van der Waals surface area contributed by atoms with E-state index in [1.807, 2.05) is 11.9 Å². The van der Waals surface area contributed by atoms with Gasteiger partial charge in [0, 0.05) is 13.1 Å². The number of rotatable bonds is 4. The quantitative estimate of drug-likeness (QED) is 0.667. The molecule has 0 spiro atoms. The largest absolute Gasteiger partial charge is 0.395 e. The Labute approximate surface area is 86.7 Å². The maximum Gasteiger partial charge on any atom is 0.0774 e. The Morgan fingerprint density at radius 2 is 1.71 bits per heavy atom. The van der Waals surface area contributed by atoms with Gasteiger partial charge in [-0.15, -0.1) is 0 Å². The summed E-state index contributed by atoms with van der Waals surface area (Å²) in [4.78, 5) is 2.02. The van der Waals surface area contributed by atoms with Gasteiger partial charge in [-0.2, -0.15) is 0 Å². The highest BCUT2D eigenvalue weighted by molar-refractivity contribution is 4.83. The summed E-state index contributed by atoms with van der Waals surface area (Å²) in [6.07, 6.45) is 6.64. The molecule has 1 rings (SSSR count). The van der Waals surface area contributed by atoms with Crippen LogP contribution in [0.5, 0.6) is 0 Å². The molecule has 1 fully saturated rings. The van der Waals surface area contributed by atoms with Crippen LogP contribution in [0, 0.1) is 0 Å². The van der Waals surface area contributed by atoms with E-state index in [9.17, 15) is 5.11 Å². The van der Waals surface area contributed by atoms with Crippen molar-refractivity contribution in [1.82, 2.24) is 4.90 Å². The summed E-state index contributed by atoms with van der Waals surface area (Å²) in [7, 11) is 1.96. The molecular formula is C11H23NO2. The Morgan fingerprint density at radius 3 is 2.21 bits per heavy atom. The molecule has 2 N–H and O–H groups in total. The SMILES string of the molecule is CN(CCO)CC1(O)CCCCCC1. The first-order valence-corrected chi connectivity index (χ1v) is 5.68. The molecule has 0 unspecified atom stereocenters. The Balaban J connectivity index is 2.37. The minimum absolute atomic E-state index is 0.173. The summed E-state index contributed by atoms with van der Waals surface area (Å²) in [5.74, 6) is 0. The first-order valence-electron chi connectivity index (χ1n) is 5.68. The second kappa shape index (κ2) is 5.69. The smallest absolute Gasteiger partial charge is 0.0774 e. The fourth-order valence-corrected chi connectivity index (χ4v) is 2.30. The van der Waals surface area contributed by atoms with Gasteiger partial charge in [-0.05, 0) is 19.9 Å². The fourth-order valence-electron chi connectivity index (χ4n) is 2.30. The van der Waals surface area contributed by atoms with Gasteiger partial charge in [0.15, 0.2) is 0 Å². The first-order chi connectivity index (χ1) is 6.66. The molecule has 0 saturated heterocycles.